The molecule has 0 spiro atoms. The van der Waals surface area contributed by atoms with Gasteiger partial charge in [0.05, 0.1) is 5.69 Å². The van der Waals surface area contributed by atoms with Gasteiger partial charge in [-0.15, -0.1) is 0 Å². The molecule has 18 heavy (non-hydrogen) atoms. The summed E-state index contributed by atoms with van der Waals surface area (Å²) in [4.78, 5) is 22.1. The lowest BCUT2D eigenvalue weighted by Crippen LogP contribution is -2.45. The summed E-state index contributed by atoms with van der Waals surface area (Å²) in [5.74, 6) is 0.358. The van der Waals surface area contributed by atoms with E-state index in [1.54, 1.807) is 32.0 Å². The predicted octanol–water partition coefficient (Wildman–Crippen LogP) is 1.56. The van der Waals surface area contributed by atoms with Gasteiger partial charge in [-0.2, -0.15) is 0 Å². The van der Waals surface area contributed by atoms with Crippen LogP contribution in [-0.2, 0) is 11.3 Å². The van der Waals surface area contributed by atoms with Crippen LogP contribution in [0, 0.1) is 0 Å². The normalized spacial score (nSPS) is 16.2. The van der Waals surface area contributed by atoms with Gasteiger partial charge in [-0.1, -0.05) is 6.07 Å². The number of rotatable bonds is 2. The fraction of sp³-hybridized carbons (Fsp3) is 0.333. The Hall–Kier alpha value is -2.24. The Bertz CT molecular complexity index is 511. The molecule has 1 aliphatic heterocycles. The molecular formula is C12H14N2O4. The number of nitrogens with one attached hydrogen (secondary N) is 2. The number of carbonyl (C=O) groups excluding carboxylic acids is 1. The summed E-state index contributed by atoms with van der Waals surface area (Å²) in [5, 5.41) is 13.5. The summed E-state index contributed by atoms with van der Waals surface area (Å²) < 4.78 is 5.56. The minimum absolute atomic E-state index is 0.182. The number of carbonyl (C=O) groups is 2. The molecule has 0 fully saturated rings. The summed E-state index contributed by atoms with van der Waals surface area (Å²) in [6.45, 7) is 3.55. The lowest BCUT2D eigenvalue weighted by molar-refractivity contribution is -0.129. The Balaban J connectivity index is 2.21. The first-order chi connectivity index (χ1) is 8.38. The number of hydrogen-bond acceptors (Lipinski definition) is 3. The molecule has 0 aliphatic carbocycles. The van der Waals surface area contributed by atoms with E-state index >= 15 is 0 Å². The van der Waals surface area contributed by atoms with Crippen molar-refractivity contribution in [3.63, 3.8) is 0 Å². The summed E-state index contributed by atoms with van der Waals surface area (Å²) >= 11 is 0. The van der Waals surface area contributed by atoms with E-state index in [-0.39, 0.29) is 12.5 Å². The summed E-state index contributed by atoms with van der Waals surface area (Å²) in [6, 6.07) is 5.16. The number of carboxylic acid groups (broad SMARTS) is 1. The second-order valence-electron chi connectivity index (χ2n) is 4.56. The summed E-state index contributed by atoms with van der Waals surface area (Å²) in [5.41, 5.74) is 0.414. The first-order valence-corrected chi connectivity index (χ1v) is 5.49. The molecule has 96 valence electrons. The first kappa shape index (κ1) is 12.2. The van der Waals surface area contributed by atoms with Crippen molar-refractivity contribution in [1.82, 2.24) is 5.32 Å². The minimum Gasteiger partial charge on any atom is -0.476 e. The van der Waals surface area contributed by atoms with Crippen molar-refractivity contribution in [1.29, 1.82) is 0 Å². The Morgan fingerprint density at radius 2 is 2.22 bits per heavy atom. The molecule has 1 aromatic carbocycles. The van der Waals surface area contributed by atoms with E-state index in [0.717, 1.165) is 5.56 Å². The molecule has 0 saturated carbocycles. The molecule has 1 aliphatic rings. The lowest BCUT2D eigenvalue weighted by Gasteiger charge is -2.31. The van der Waals surface area contributed by atoms with Crippen molar-refractivity contribution in [3.8, 4) is 5.75 Å². The minimum atomic E-state index is -1.09. The van der Waals surface area contributed by atoms with Crippen LogP contribution >= 0.6 is 0 Å². The molecule has 2 rings (SSSR count). The van der Waals surface area contributed by atoms with Crippen LogP contribution in [0.3, 0.4) is 0 Å². The molecule has 0 saturated heterocycles. The van der Waals surface area contributed by atoms with Crippen molar-refractivity contribution in [2.75, 3.05) is 5.32 Å². The van der Waals surface area contributed by atoms with Crippen molar-refractivity contribution in [3.05, 3.63) is 23.8 Å². The average molecular weight is 250 g/mol. The second kappa shape index (κ2) is 4.21. The third kappa shape index (κ3) is 2.37. The Morgan fingerprint density at radius 1 is 1.50 bits per heavy atom. The van der Waals surface area contributed by atoms with Crippen molar-refractivity contribution < 1.29 is 19.4 Å². The van der Waals surface area contributed by atoms with Gasteiger partial charge in [0.2, 0.25) is 0 Å². The van der Waals surface area contributed by atoms with E-state index in [9.17, 15) is 9.59 Å². The Kier molecular flexibility index (Phi) is 2.86. The smallest absolute Gasteiger partial charge is 0.404 e. The van der Waals surface area contributed by atoms with Crippen LogP contribution in [0.1, 0.15) is 19.4 Å². The maximum atomic E-state index is 11.7. The van der Waals surface area contributed by atoms with Crippen LogP contribution in [0.15, 0.2) is 18.2 Å². The zero-order valence-corrected chi connectivity index (χ0v) is 10.1. The van der Waals surface area contributed by atoms with Gasteiger partial charge in [0.15, 0.2) is 5.60 Å². The Labute approximate surface area is 104 Å². The zero-order chi connectivity index (χ0) is 13.3. The zero-order valence-electron chi connectivity index (χ0n) is 10.1. The summed E-state index contributed by atoms with van der Waals surface area (Å²) in [7, 11) is 0. The number of ether oxygens (including phenoxy) is 1. The fourth-order valence-electron chi connectivity index (χ4n) is 1.65. The quantitative estimate of drug-likeness (QED) is 0.743. The molecule has 0 atom stereocenters. The number of fused-ring (bicyclic) bond motifs is 1. The van der Waals surface area contributed by atoms with Crippen LogP contribution in [0.5, 0.6) is 5.75 Å². The van der Waals surface area contributed by atoms with Gasteiger partial charge in [0, 0.05) is 6.54 Å². The van der Waals surface area contributed by atoms with Crippen LogP contribution in [0.2, 0.25) is 0 Å². The van der Waals surface area contributed by atoms with Crippen LogP contribution < -0.4 is 15.4 Å². The highest BCUT2D eigenvalue weighted by molar-refractivity contribution is 6.00. The van der Waals surface area contributed by atoms with E-state index in [1.807, 2.05) is 0 Å². The van der Waals surface area contributed by atoms with Crippen molar-refractivity contribution in [2.24, 2.45) is 0 Å². The third-order valence-electron chi connectivity index (χ3n) is 2.65. The largest absolute Gasteiger partial charge is 0.476 e. The maximum Gasteiger partial charge on any atom is 0.404 e. The number of amides is 2. The number of hydrogen-bond donors (Lipinski definition) is 3. The van der Waals surface area contributed by atoms with E-state index in [0.29, 0.717) is 11.4 Å². The average Bonchev–Trinajstić information content (AvgIpc) is 2.27. The number of anilines is 1. The molecule has 3 N–H and O–H groups in total. The van der Waals surface area contributed by atoms with Crippen molar-refractivity contribution in [2.45, 2.75) is 26.0 Å². The number of benzene rings is 1. The maximum absolute atomic E-state index is 11.7. The first-order valence-electron chi connectivity index (χ1n) is 5.49. The predicted molar refractivity (Wildman–Crippen MR) is 64.6 cm³/mol. The molecular weight excluding hydrogens is 236 g/mol. The monoisotopic (exact) mass is 250 g/mol. The van der Waals surface area contributed by atoms with E-state index in [1.165, 1.54) is 0 Å². The topological polar surface area (TPSA) is 87.7 Å². The van der Waals surface area contributed by atoms with Gasteiger partial charge < -0.3 is 20.5 Å². The fourth-order valence-corrected chi connectivity index (χ4v) is 1.65. The highest BCUT2D eigenvalue weighted by Gasteiger charge is 2.35. The van der Waals surface area contributed by atoms with Gasteiger partial charge >= 0.3 is 6.09 Å². The molecule has 0 bridgehead atoms. The summed E-state index contributed by atoms with van der Waals surface area (Å²) in [6.07, 6.45) is -1.09. The van der Waals surface area contributed by atoms with E-state index in [2.05, 4.69) is 10.6 Å². The second-order valence-corrected chi connectivity index (χ2v) is 4.56. The molecule has 6 nitrogen and oxygen atoms in total. The molecule has 6 heteroatoms. The molecule has 0 unspecified atom stereocenters. The van der Waals surface area contributed by atoms with Crippen LogP contribution in [0.25, 0.3) is 0 Å². The lowest BCUT2D eigenvalue weighted by atomic mass is 10.0. The molecule has 2 amide bonds. The molecule has 1 heterocycles. The highest BCUT2D eigenvalue weighted by atomic mass is 16.5. The molecule has 0 aromatic heterocycles. The molecule has 0 radical (unpaired) electrons. The van der Waals surface area contributed by atoms with E-state index in [4.69, 9.17) is 9.84 Å². The van der Waals surface area contributed by atoms with Gasteiger partial charge in [0.1, 0.15) is 5.75 Å². The van der Waals surface area contributed by atoms with Crippen LogP contribution in [0.4, 0.5) is 10.5 Å². The van der Waals surface area contributed by atoms with E-state index < -0.39 is 11.7 Å². The van der Waals surface area contributed by atoms with Crippen molar-refractivity contribution >= 4 is 17.7 Å². The molecule has 1 aromatic rings. The van der Waals surface area contributed by atoms with Gasteiger partial charge in [-0.25, -0.2) is 4.79 Å². The standard InChI is InChI=1S/C12H14N2O4/c1-12(2)10(15)14-8-5-7(6-13-11(16)17)3-4-9(8)18-12/h3-5,13H,6H2,1-2H3,(H,14,15)(H,16,17). The van der Waals surface area contributed by atoms with Gasteiger partial charge in [0.25, 0.3) is 5.91 Å². The highest BCUT2D eigenvalue weighted by Crippen LogP contribution is 2.34. The van der Waals surface area contributed by atoms with Crippen LogP contribution in [-0.4, -0.2) is 22.7 Å². The third-order valence-corrected chi connectivity index (χ3v) is 2.65. The van der Waals surface area contributed by atoms with Gasteiger partial charge in [-0.3, -0.25) is 4.79 Å². The SMILES string of the molecule is CC1(C)Oc2ccc(CNC(=O)O)cc2NC1=O. The van der Waals surface area contributed by atoms with Gasteiger partial charge in [-0.05, 0) is 31.5 Å². The Morgan fingerprint density at radius 3 is 2.89 bits per heavy atom.